The third-order valence-electron chi connectivity index (χ3n) is 6.16. The highest BCUT2D eigenvalue weighted by Gasteiger charge is 2.38. The van der Waals surface area contributed by atoms with E-state index in [0.717, 1.165) is 12.3 Å². The minimum atomic E-state index is -0.0897. The number of rotatable bonds is 3. The van der Waals surface area contributed by atoms with Crippen LogP contribution in [0.2, 0.25) is 0 Å². The molecule has 3 rings (SSSR count). The fourth-order valence-corrected chi connectivity index (χ4v) is 4.71. The molecule has 3 fully saturated rings. The predicted molar refractivity (Wildman–Crippen MR) is 87.4 cm³/mol. The second kappa shape index (κ2) is 6.55. The summed E-state index contributed by atoms with van der Waals surface area (Å²) in [4.78, 5) is 5.27. The SMILES string of the molecule is CC1(C)CCC(O)C(N2CCC(CN3CCCC3)CC2)C1. The molecule has 3 nitrogen and oxygen atoms in total. The molecule has 0 radical (unpaired) electrons. The third kappa shape index (κ3) is 4.00. The van der Waals surface area contributed by atoms with E-state index in [4.69, 9.17) is 0 Å². The molecule has 0 aromatic rings. The molecular formula is C18H34N2O. The van der Waals surface area contributed by atoms with Crippen LogP contribution in [0.4, 0.5) is 0 Å². The van der Waals surface area contributed by atoms with E-state index in [0.29, 0.717) is 11.5 Å². The van der Waals surface area contributed by atoms with E-state index in [2.05, 4.69) is 23.6 Å². The van der Waals surface area contributed by atoms with E-state index in [1.54, 1.807) is 0 Å². The van der Waals surface area contributed by atoms with Crippen molar-refractivity contribution in [3.05, 3.63) is 0 Å². The van der Waals surface area contributed by atoms with Gasteiger partial charge in [-0.2, -0.15) is 0 Å². The van der Waals surface area contributed by atoms with Crippen LogP contribution in [0.1, 0.15) is 58.8 Å². The van der Waals surface area contributed by atoms with Crippen LogP contribution in [0.3, 0.4) is 0 Å². The van der Waals surface area contributed by atoms with Crippen LogP contribution in [0.5, 0.6) is 0 Å². The molecule has 122 valence electrons. The molecule has 2 atom stereocenters. The summed E-state index contributed by atoms with van der Waals surface area (Å²) in [7, 11) is 0. The van der Waals surface area contributed by atoms with E-state index >= 15 is 0 Å². The molecule has 0 amide bonds. The normalized spacial score (nSPS) is 36.1. The Morgan fingerprint density at radius 1 is 1.00 bits per heavy atom. The minimum Gasteiger partial charge on any atom is -0.391 e. The Morgan fingerprint density at radius 3 is 2.33 bits per heavy atom. The predicted octanol–water partition coefficient (Wildman–Crippen LogP) is 2.73. The van der Waals surface area contributed by atoms with E-state index < -0.39 is 0 Å². The molecule has 1 aliphatic carbocycles. The Hall–Kier alpha value is -0.120. The Labute approximate surface area is 130 Å². The number of aliphatic hydroxyl groups is 1. The fraction of sp³-hybridized carbons (Fsp3) is 1.00. The molecule has 21 heavy (non-hydrogen) atoms. The maximum absolute atomic E-state index is 10.4. The first-order valence-electron chi connectivity index (χ1n) is 9.18. The smallest absolute Gasteiger partial charge is 0.0695 e. The molecule has 0 spiro atoms. The lowest BCUT2D eigenvalue weighted by Gasteiger charge is -2.46. The maximum Gasteiger partial charge on any atom is 0.0695 e. The molecule has 0 bridgehead atoms. The number of piperidine rings is 1. The Morgan fingerprint density at radius 2 is 1.67 bits per heavy atom. The van der Waals surface area contributed by atoms with Crippen LogP contribution < -0.4 is 0 Å². The lowest BCUT2D eigenvalue weighted by atomic mass is 9.73. The van der Waals surface area contributed by atoms with Crippen molar-refractivity contribution >= 4 is 0 Å². The van der Waals surface area contributed by atoms with Crippen LogP contribution in [0.25, 0.3) is 0 Å². The number of likely N-dealkylation sites (tertiary alicyclic amines) is 2. The largest absolute Gasteiger partial charge is 0.391 e. The summed E-state index contributed by atoms with van der Waals surface area (Å²) in [5, 5.41) is 10.4. The number of hydrogen-bond donors (Lipinski definition) is 1. The molecule has 2 saturated heterocycles. The summed E-state index contributed by atoms with van der Waals surface area (Å²) in [6.45, 7) is 11.1. The van der Waals surface area contributed by atoms with Crippen molar-refractivity contribution in [1.29, 1.82) is 0 Å². The lowest BCUT2D eigenvalue weighted by Crippen LogP contribution is -2.52. The van der Waals surface area contributed by atoms with Gasteiger partial charge in [0, 0.05) is 12.6 Å². The average molecular weight is 294 g/mol. The second-order valence-corrected chi connectivity index (χ2v) is 8.53. The summed E-state index contributed by atoms with van der Waals surface area (Å²) >= 11 is 0. The summed E-state index contributed by atoms with van der Waals surface area (Å²) in [5.74, 6) is 0.896. The zero-order valence-corrected chi connectivity index (χ0v) is 14.1. The van der Waals surface area contributed by atoms with Gasteiger partial charge in [-0.1, -0.05) is 13.8 Å². The highest BCUT2D eigenvalue weighted by atomic mass is 16.3. The highest BCUT2D eigenvalue weighted by Crippen LogP contribution is 2.38. The van der Waals surface area contributed by atoms with Gasteiger partial charge >= 0.3 is 0 Å². The third-order valence-corrected chi connectivity index (χ3v) is 6.16. The van der Waals surface area contributed by atoms with Gasteiger partial charge in [0.15, 0.2) is 0 Å². The first kappa shape index (κ1) is 15.8. The van der Waals surface area contributed by atoms with Gasteiger partial charge in [0.1, 0.15) is 0 Å². The topological polar surface area (TPSA) is 26.7 Å². The highest BCUT2D eigenvalue weighted by molar-refractivity contribution is 4.92. The number of aliphatic hydroxyl groups excluding tert-OH is 1. The summed E-state index contributed by atoms with van der Waals surface area (Å²) < 4.78 is 0. The molecule has 1 saturated carbocycles. The Kier molecular flexibility index (Phi) is 4.92. The molecule has 2 aliphatic heterocycles. The zero-order valence-electron chi connectivity index (χ0n) is 14.1. The van der Waals surface area contributed by atoms with Crippen molar-refractivity contribution in [2.24, 2.45) is 11.3 Å². The second-order valence-electron chi connectivity index (χ2n) is 8.53. The van der Waals surface area contributed by atoms with E-state index in [1.807, 2.05) is 0 Å². The molecular weight excluding hydrogens is 260 g/mol. The average Bonchev–Trinajstić information content (AvgIpc) is 2.95. The van der Waals surface area contributed by atoms with Crippen molar-refractivity contribution < 1.29 is 5.11 Å². The lowest BCUT2D eigenvalue weighted by molar-refractivity contribution is -0.0302. The van der Waals surface area contributed by atoms with Gasteiger partial charge in [-0.15, -0.1) is 0 Å². The summed E-state index contributed by atoms with van der Waals surface area (Å²) in [6, 6.07) is 0.418. The van der Waals surface area contributed by atoms with Crippen LogP contribution in [-0.4, -0.2) is 59.8 Å². The summed E-state index contributed by atoms with van der Waals surface area (Å²) in [5.41, 5.74) is 0.413. The van der Waals surface area contributed by atoms with Gasteiger partial charge in [0.25, 0.3) is 0 Å². The van der Waals surface area contributed by atoms with Crippen molar-refractivity contribution in [2.45, 2.75) is 70.9 Å². The monoisotopic (exact) mass is 294 g/mol. The van der Waals surface area contributed by atoms with Gasteiger partial charge in [0.2, 0.25) is 0 Å². The molecule has 3 heteroatoms. The van der Waals surface area contributed by atoms with E-state index in [9.17, 15) is 5.11 Å². The molecule has 3 aliphatic rings. The van der Waals surface area contributed by atoms with Crippen molar-refractivity contribution in [3.8, 4) is 0 Å². The Bertz CT molecular complexity index is 330. The van der Waals surface area contributed by atoms with Crippen molar-refractivity contribution in [3.63, 3.8) is 0 Å². The molecule has 0 aromatic carbocycles. The standard InChI is InChI=1S/C18H34N2O/c1-18(2)8-5-17(21)16(13-18)20-11-6-15(7-12-20)14-19-9-3-4-10-19/h15-17,21H,3-14H2,1-2H3. The van der Waals surface area contributed by atoms with Crippen LogP contribution in [0.15, 0.2) is 0 Å². The van der Waals surface area contributed by atoms with Crippen LogP contribution >= 0.6 is 0 Å². The maximum atomic E-state index is 10.4. The van der Waals surface area contributed by atoms with Gasteiger partial charge in [0.05, 0.1) is 6.10 Å². The minimum absolute atomic E-state index is 0.0897. The summed E-state index contributed by atoms with van der Waals surface area (Å²) in [6.07, 6.45) is 8.73. The number of hydrogen-bond acceptors (Lipinski definition) is 3. The van der Waals surface area contributed by atoms with Gasteiger partial charge in [-0.3, -0.25) is 4.90 Å². The van der Waals surface area contributed by atoms with E-state index in [-0.39, 0.29) is 6.10 Å². The van der Waals surface area contributed by atoms with Gasteiger partial charge in [-0.25, -0.2) is 0 Å². The first-order chi connectivity index (χ1) is 10.0. The van der Waals surface area contributed by atoms with Crippen LogP contribution in [-0.2, 0) is 0 Å². The first-order valence-corrected chi connectivity index (χ1v) is 9.18. The van der Waals surface area contributed by atoms with Gasteiger partial charge in [-0.05, 0) is 82.5 Å². The fourth-order valence-electron chi connectivity index (χ4n) is 4.71. The molecule has 1 N–H and O–H groups in total. The van der Waals surface area contributed by atoms with Crippen LogP contribution in [0, 0.1) is 11.3 Å². The quantitative estimate of drug-likeness (QED) is 0.867. The molecule has 2 unspecified atom stereocenters. The van der Waals surface area contributed by atoms with Crippen molar-refractivity contribution in [2.75, 3.05) is 32.7 Å². The zero-order chi connectivity index (χ0) is 14.9. The number of nitrogens with zero attached hydrogens (tertiary/aromatic N) is 2. The molecule has 0 aromatic heterocycles. The van der Waals surface area contributed by atoms with Crippen molar-refractivity contribution in [1.82, 2.24) is 9.80 Å². The Balaban J connectivity index is 1.48. The van der Waals surface area contributed by atoms with E-state index in [1.165, 1.54) is 71.2 Å². The molecule has 2 heterocycles. The van der Waals surface area contributed by atoms with Gasteiger partial charge < -0.3 is 10.0 Å².